The highest BCUT2D eigenvalue weighted by molar-refractivity contribution is 7.09. The van der Waals surface area contributed by atoms with Crippen LogP contribution in [0.1, 0.15) is 97.7 Å². The SMILES string of the molecule is CCCC(C(=O)NC1CCCC1)N(C(=O)c1snc(C(=O)NC2CCCCC2)c1N)c1ccc(Cl)cc1. The number of nitrogens with two attached hydrogens (primary N) is 1. The molecule has 2 aliphatic carbocycles. The molecule has 1 aromatic heterocycles. The Morgan fingerprint density at radius 1 is 1.03 bits per heavy atom. The highest BCUT2D eigenvalue weighted by atomic mass is 35.5. The summed E-state index contributed by atoms with van der Waals surface area (Å²) in [7, 11) is 0. The van der Waals surface area contributed by atoms with Gasteiger partial charge in [-0.25, -0.2) is 0 Å². The van der Waals surface area contributed by atoms with Gasteiger partial charge in [0, 0.05) is 22.8 Å². The first kappa shape index (κ1) is 27.4. The van der Waals surface area contributed by atoms with Crippen molar-refractivity contribution in [2.75, 3.05) is 10.6 Å². The minimum Gasteiger partial charge on any atom is -0.395 e. The summed E-state index contributed by atoms with van der Waals surface area (Å²) in [4.78, 5) is 42.1. The number of carbonyl (C=O) groups excluding carboxylic acids is 3. The quantitative estimate of drug-likeness (QED) is 0.394. The largest absolute Gasteiger partial charge is 0.395 e. The summed E-state index contributed by atoms with van der Waals surface area (Å²) in [6.07, 6.45) is 10.4. The molecule has 1 aromatic carbocycles. The lowest BCUT2D eigenvalue weighted by Crippen LogP contribution is -2.51. The van der Waals surface area contributed by atoms with Gasteiger partial charge in [-0.05, 0) is 67.9 Å². The lowest BCUT2D eigenvalue weighted by molar-refractivity contribution is -0.123. The second-order valence-electron chi connectivity index (χ2n) is 10.0. The van der Waals surface area contributed by atoms with Crippen LogP contribution in [-0.4, -0.2) is 40.2 Å². The predicted octanol–water partition coefficient (Wildman–Crippen LogP) is 5.32. The standard InChI is InChI=1S/C27H36ClN5O3S/c1-2-8-21(25(34)30-18-11-6-7-12-18)33(20-15-13-17(28)14-16-20)27(36)24-22(29)23(32-37-24)26(35)31-19-9-4-3-5-10-19/h13-16,18-19,21H,2-12,29H2,1H3,(H,30,34)(H,31,35). The molecule has 4 N–H and O–H groups in total. The maximum atomic E-state index is 14.0. The van der Waals surface area contributed by atoms with E-state index < -0.39 is 11.9 Å². The first-order chi connectivity index (χ1) is 17.9. The van der Waals surface area contributed by atoms with Gasteiger partial charge >= 0.3 is 0 Å². The van der Waals surface area contributed by atoms with Crippen molar-refractivity contribution < 1.29 is 14.4 Å². The van der Waals surface area contributed by atoms with Gasteiger partial charge in [-0.3, -0.25) is 19.3 Å². The Morgan fingerprint density at radius 2 is 1.62 bits per heavy atom. The Labute approximate surface area is 227 Å². The number of nitrogen functional groups attached to an aromatic ring is 1. The van der Waals surface area contributed by atoms with Crippen LogP contribution in [0, 0.1) is 0 Å². The molecule has 0 spiro atoms. The van der Waals surface area contributed by atoms with E-state index in [0.29, 0.717) is 23.6 Å². The number of rotatable bonds is 9. The first-order valence-electron chi connectivity index (χ1n) is 13.3. The van der Waals surface area contributed by atoms with Crippen molar-refractivity contribution in [2.45, 2.75) is 95.7 Å². The number of aromatic nitrogens is 1. The molecule has 37 heavy (non-hydrogen) atoms. The number of nitrogens with one attached hydrogen (secondary N) is 2. The van der Waals surface area contributed by atoms with Gasteiger partial charge in [0.2, 0.25) is 5.91 Å². The zero-order chi connectivity index (χ0) is 26.4. The van der Waals surface area contributed by atoms with E-state index in [1.807, 2.05) is 6.92 Å². The molecule has 1 atom stereocenters. The fourth-order valence-corrected chi connectivity index (χ4v) is 6.15. The van der Waals surface area contributed by atoms with E-state index in [1.165, 1.54) is 11.3 Å². The van der Waals surface area contributed by atoms with Gasteiger partial charge < -0.3 is 16.4 Å². The van der Waals surface area contributed by atoms with E-state index in [0.717, 1.165) is 62.9 Å². The Balaban J connectivity index is 1.62. The third-order valence-electron chi connectivity index (χ3n) is 7.28. The lowest BCUT2D eigenvalue weighted by atomic mass is 9.95. The van der Waals surface area contributed by atoms with Gasteiger partial charge in [-0.2, -0.15) is 4.37 Å². The first-order valence-corrected chi connectivity index (χ1v) is 14.5. The molecule has 1 unspecified atom stereocenters. The van der Waals surface area contributed by atoms with Crippen LogP contribution in [-0.2, 0) is 4.79 Å². The summed E-state index contributed by atoms with van der Waals surface area (Å²) in [5.41, 5.74) is 7.00. The Hall–Kier alpha value is -2.65. The maximum absolute atomic E-state index is 14.0. The minimum atomic E-state index is -0.736. The van der Waals surface area contributed by atoms with Crippen LogP contribution in [0.2, 0.25) is 5.02 Å². The molecule has 2 aromatic rings. The summed E-state index contributed by atoms with van der Waals surface area (Å²) in [5, 5.41) is 6.69. The summed E-state index contributed by atoms with van der Waals surface area (Å²) < 4.78 is 4.26. The van der Waals surface area contributed by atoms with Crippen LogP contribution in [0.25, 0.3) is 0 Å². The number of nitrogens with zero attached hydrogens (tertiary/aromatic N) is 2. The monoisotopic (exact) mass is 545 g/mol. The number of hydrogen-bond acceptors (Lipinski definition) is 6. The molecule has 0 bridgehead atoms. The zero-order valence-electron chi connectivity index (χ0n) is 21.3. The molecular formula is C27H36ClN5O3S. The van der Waals surface area contributed by atoms with Crippen LogP contribution < -0.4 is 21.3 Å². The van der Waals surface area contributed by atoms with E-state index in [-0.39, 0.29) is 40.2 Å². The van der Waals surface area contributed by atoms with Crippen LogP contribution in [0.3, 0.4) is 0 Å². The zero-order valence-corrected chi connectivity index (χ0v) is 22.9. The Kier molecular flexibility index (Phi) is 9.43. The fourth-order valence-electron chi connectivity index (χ4n) is 5.28. The molecule has 0 aliphatic heterocycles. The molecule has 1 heterocycles. The smallest absolute Gasteiger partial charge is 0.273 e. The molecule has 200 valence electrons. The average molecular weight is 546 g/mol. The van der Waals surface area contributed by atoms with Crippen molar-refractivity contribution >= 4 is 52.2 Å². The number of carbonyl (C=O) groups is 3. The van der Waals surface area contributed by atoms with E-state index in [1.54, 1.807) is 24.3 Å². The molecule has 8 nitrogen and oxygen atoms in total. The molecule has 2 saturated carbocycles. The summed E-state index contributed by atoms with van der Waals surface area (Å²) in [6.45, 7) is 1.98. The number of hydrogen-bond donors (Lipinski definition) is 3. The third-order valence-corrected chi connectivity index (χ3v) is 8.38. The third kappa shape index (κ3) is 6.62. The summed E-state index contributed by atoms with van der Waals surface area (Å²) >= 11 is 7.01. The van der Waals surface area contributed by atoms with Crippen LogP contribution >= 0.6 is 23.1 Å². The van der Waals surface area contributed by atoms with Gasteiger partial charge in [0.1, 0.15) is 10.9 Å². The van der Waals surface area contributed by atoms with Gasteiger partial charge in [-0.15, -0.1) is 0 Å². The molecular weight excluding hydrogens is 510 g/mol. The topological polar surface area (TPSA) is 117 Å². The summed E-state index contributed by atoms with van der Waals surface area (Å²) in [6, 6.07) is 6.31. The van der Waals surface area contributed by atoms with Crippen molar-refractivity contribution in [1.82, 2.24) is 15.0 Å². The maximum Gasteiger partial charge on any atom is 0.273 e. The second-order valence-corrected chi connectivity index (χ2v) is 11.2. The lowest BCUT2D eigenvalue weighted by Gasteiger charge is -2.31. The minimum absolute atomic E-state index is 0.0497. The summed E-state index contributed by atoms with van der Waals surface area (Å²) in [5.74, 6) is -0.994. The molecule has 2 fully saturated rings. The second kappa shape index (κ2) is 12.7. The van der Waals surface area contributed by atoms with Gasteiger partial charge in [0.15, 0.2) is 5.69 Å². The van der Waals surface area contributed by atoms with E-state index >= 15 is 0 Å². The molecule has 0 radical (unpaired) electrons. The molecule has 3 amide bonds. The fraction of sp³-hybridized carbons (Fsp3) is 0.556. The van der Waals surface area contributed by atoms with E-state index in [2.05, 4.69) is 15.0 Å². The molecule has 4 rings (SSSR count). The number of halogens is 1. The Morgan fingerprint density at radius 3 is 2.24 bits per heavy atom. The van der Waals surface area contributed by atoms with Crippen molar-refractivity contribution in [3.63, 3.8) is 0 Å². The van der Waals surface area contributed by atoms with Crippen molar-refractivity contribution in [1.29, 1.82) is 0 Å². The van der Waals surface area contributed by atoms with Gasteiger partial charge in [-0.1, -0.05) is 57.0 Å². The van der Waals surface area contributed by atoms with Crippen molar-refractivity contribution in [2.24, 2.45) is 0 Å². The van der Waals surface area contributed by atoms with Crippen LogP contribution in [0.15, 0.2) is 24.3 Å². The molecule has 0 saturated heterocycles. The number of benzene rings is 1. The van der Waals surface area contributed by atoms with Gasteiger partial charge in [0.25, 0.3) is 11.8 Å². The Bertz CT molecular complexity index is 1090. The van der Waals surface area contributed by atoms with Crippen LogP contribution in [0.5, 0.6) is 0 Å². The van der Waals surface area contributed by atoms with E-state index in [9.17, 15) is 14.4 Å². The predicted molar refractivity (Wildman–Crippen MR) is 148 cm³/mol. The van der Waals surface area contributed by atoms with E-state index in [4.69, 9.17) is 17.3 Å². The van der Waals surface area contributed by atoms with Crippen LogP contribution in [0.4, 0.5) is 11.4 Å². The van der Waals surface area contributed by atoms with Gasteiger partial charge in [0.05, 0.1) is 5.69 Å². The molecule has 2 aliphatic rings. The average Bonchev–Trinajstić information content (AvgIpc) is 3.54. The number of anilines is 2. The normalized spacial score (nSPS) is 17.4. The number of amides is 3. The molecule has 10 heteroatoms. The highest BCUT2D eigenvalue weighted by Gasteiger charge is 2.35. The highest BCUT2D eigenvalue weighted by Crippen LogP contribution is 2.30. The van der Waals surface area contributed by atoms with Crippen molar-refractivity contribution in [3.8, 4) is 0 Å². The van der Waals surface area contributed by atoms with Crippen molar-refractivity contribution in [3.05, 3.63) is 39.9 Å².